The van der Waals surface area contributed by atoms with Crippen LogP contribution in [0.4, 0.5) is 0 Å². The molecule has 25 heavy (non-hydrogen) atoms. The van der Waals surface area contributed by atoms with Gasteiger partial charge in [-0.1, -0.05) is 0 Å². The van der Waals surface area contributed by atoms with E-state index in [0.29, 0.717) is 39.0 Å². The summed E-state index contributed by atoms with van der Waals surface area (Å²) in [5.41, 5.74) is 1.09. The molecule has 1 saturated heterocycles. The number of likely N-dealkylation sites (tertiary alicyclic amines) is 1. The highest BCUT2D eigenvalue weighted by molar-refractivity contribution is 7.14. The molecule has 0 spiro atoms. The number of hydrogen-bond donors (Lipinski definition) is 0. The van der Waals surface area contributed by atoms with E-state index in [9.17, 15) is 14.4 Å². The average Bonchev–Trinajstić information content (AvgIpc) is 3.03. The van der Waals surface area contributed by atoms with E-state index in [0.717, 1.165) is 16.9 Å². The molecule has 0 aromatic carbocycles. The summed E-state index contributed by atoms with van der Waals surface area (Å²) in [4.78, 5) is 44.1. The van der Waals surface area contributed by atoms with E-state index in [1.807, 2.05) is 17.9 Å². The lowest BCUT2D eigenvalue weighted by atomic mass is 9.95. The van der Waals surface area contributed by atoms with Gasteiger partial charge >= 0.3 is 0 Å². The monoisotopic (exact) mass is 363 g/mol. The van der Waals surface area contributed by atoms with Crippen LogP contribution in [0, 0.1) is 5.92 Å². The molecule has 2 aliphatic rings. The Balaban J connectivity index is 1.69. The molecular weight excluding hydrogens is 338 g/mol. The first-order chi connectivity index (χ1) is 11.9. The van der Waals surface area contributed by atoms with Gasteiger partial charge in [-0.15, -0.1) is 11.3 Å². The van der Waals surface area contributed by atoms with Crippen LogP contribution < -0.4 is 0 Å². The van der Waals surface area contributed by atoms with Crippen molar-refractivity contribution in [2.75, 3.05) is 33.7 Å². The Hall–Kier alpha value is -1.89. The van der Waals surface area contributed by atoms with Crippen molar-refractivity contribution in [3.8, 4) is 0 Å². The number of piperidine rings is 1. The van der Waals surface area contributed by atoms with Crippen LogP contribution in [0.5, 0.6) is 0 Å². The highest BCUT2D eigenvalue weighted by Gasteiger charge is 2.34. The number of carbonyl (C=O) groups is 3. The third-order valence-electron chi connectivity index (χ3n) is 5.03. The highest BCUT2D eigenvalue weighted by Crippen LogP contribution is 2.30. The van der Waals surface area contributed by atoms with Crippen LogP contribution in [0.25, 0.3) is 0 Å². The van der Waals surface area contributed by atoms with Crippen molar-refractivity contribution in [2.45, 2.75) is 32.7 Å². The second kappa shape index (κ2) is 7.15. The summed E-state index contributed by atoms with van der Waals surface area (Å²) >= 11 is 1.54. The molecule has 3 amide bonds. The van der Waals surface area contributed by atoms with Crippen molar-refractivity contribution in [1.29, 1.82) is 0 Å². The van der Waals surface area contributed by atoms with E-state index in [1.165, 1.54) is 4.88 Å². The van der Waals surface area contributed by atoms with Gasteiger partial charge in [0.15, 0.2) is 0 Å². The molecule has 0 unspecified atom stereocenters. The molecule has 1 aromatic rings. The van der Waals surface area contributed by atoms with Gasteiger partial charge in [0.2, 0.25) is 11.8 Å². The lowest BCUT2D eigenvalue weighted by Crippen LogP contribution is -2.47. The summed E-state index contributed by atoms with van der Waals surface area (Å²) in [7, 11) is 3.50. The van der Waals surface area contributed by atoms with Crippen LogP contribution in [-0.4, -0.2) is 66.2 Å². The van der Waals surface area contributed by atoms with E-state index < -0.39 is 0 Å². The van der Waals surface area contributed by atoms with Crippen LogP contribution >= 0.6 is 11.3 Å². The quantitative estimate of drug-likeness (QED) is 0.819. The van der Waals surface area contributed by atoms with Crippen molar-refractivity contribution in [1.82, 2.24) is 14.7 Å². The van der Waals surface area contributed by atoms with Gasteiger partial charge in [0.1, 0.15) is 0 Å². The molecule has 0 saturated carbocycles. The Labute approximate surface area is 152 Å². The van der Waals surface area contributed by atoms with Gasteiger partial charge in [0.25, 0.3) is 5.91 Å². The minimum absolute atomic E-state index is 0.0154. The molecule has 136 valence electrons. The number of rotatable bonds is 3. The van der Waals surface area contributed by atoms with Crippen molar-refractivity contribution < 1.29 is 14.4 Å². The van der Waals surface area contributed by atoms with Gasteiger partial charge in [0.05, 0.1) is 10.8 Å². The first-order valence-electron chi connectivity index (χ1n) is 8.80. The van der Waals surface area contributed by atoms with Crippen LogP contribution in [0.1, 0.15) is 39.9 Å². The molecule has 0 bridgehead atoms. The molecule has 1 atom stereocenters. The molecule has 7 heteroatoms. The van der Waals surface area contributed by atoms with Gasteiger partial charge in [-0.3, -0.25) is 14.4 Å². The van der Waals surface area contributed by atoms with E-state index in [4.69, 9.17) is 0 Å². The second-order valence-electron chi connectivity index (χ2n) is 6.94. The Morgan fingerprint density at radius 3 is 2.76 bits per heavy atom. The summed E-state index contributed by atoms with van der Waals surface area (Å²) in [5.74, 6) is 0.211. The zero-order valence-corrected chi connectivity index (χ0v) is 15.9. The minimum Gasteiger partial charge on any atom is -0.344 e. The lowest BCUT2D eigenvalue weighted by Gasteiger charge is -2.35. The smallest absolute Gasteiger partial charge is 0.263 e. The topological polar surface area (TPSA) is 60.9 Å². The van der Waals surface area contributed by atoms with Gasteiger partial charge in [-0.2, -0.15) is 0 Å². The molecule has 1 aromatic heterocycles. The van der Waals surface area contributed by atoms with Gasteiger partial charge in [-0.25, -0.2) is 0 Å². The fraction of sp³-hybridized carbons (Fsp3) is 0.611. The Morgan fingerprint density at radius 2 is 2.08 bits per heavy atom. The summed E-state index contributed by atoms with van der Waals surface area (Å²) < 4.78 is 0. The predicted octanol–water partition coefficient (Wildman–Crippen LogP) is 1.59. The average molecular weight is 363 g/mol. The van der Waals surface area contributed by atoms with Crippen LogP contribution in [0.2, 0.25) is 0 Å². The molecule has 2 aliphatic heterocycles. The zero-order chi connectivity index (χ0) is 18.1. The Kier molecular flexibility index (Phi) is 5.13. The number of carbonyl (C=O) groups excluding carboxylic acids is 3. The SMILES string of the molecule is CCN1C[C@@H](C(=O)N2CCc3sc(C(=O)N(C)C)cc3C2)CCC1=O. The summed E-state index contributed by atoms with van der Waals surface area (Å²) in [6.07, 6.45) is 1.91. The predicted molar refractivity (Wildman–Crippen MR) is 96.4 cm³/mol. The van der Waals surface area contributed by atoms with Gasteiger partial charge < -0.3 is 14.7 Å². The summed E-state index contributed by atoms with van der Waals surface area (Å²) in [5, 5.41) is 0. The normalized spacial score (nSPS) is 20.4. The van der Waals surface area contributed by atoms with Crippen molar-refractivity contribution in [3.63, 3.8) is 0 Å². The fourth-order valence-electron chi connectivity index (χ4n) is 3.53. The maximum absolute atomic E-state index is 12.9. The fourth-order valence-corrected chi connectivity index (χ4v) is 4.71. The van der Waals surface area contributed by atoms with Gasteiger partial charge in [-0.05, 0) is 31.4 Å². The largest absolute Gasteiger partial charge is 0.344 e. The molecular formula is C18H25N3O3S. The number of nitrogens with zero attached hydrogens (tertiary/aromatic N) is 3. The number of amides is 3. The minimum atomic E-state index is -0.0966. The van der Waals surface area contributed by atoms with E-state index in [-0.39, 0.29) is 23.6 Å². The standard InChI is InChI=1S/C18H25N3O3S/c1-4-20-10-12(5-6-16(20)22)17(23)21-8-7-14-13(11-21)9-15(25-14)18(24)19(2)3/h9,12H,4-8,10-11H2,1-3H3/t12-/m0/s1. The van der Waals surface area contributed by atoms with Crippen LogP contribution in [0.15, 0.2) is 6.07 Å². The van der Waals surface area contributed by atoms with E-state index in [1.54, 1.807) is 35.2 Å². The molecule has 3 rings (SSSR count). The number of fused-ring (bicyclic) bond motifs is 1. The molecule has 0 N–H and O–H groups in total. The van der Waals surface area contributed by atoms with Crippen molar-refractivity contribution >= 4 is 29.1 Å². The Morgan fingerprint density at radius 1 is 1.32 bits per heavy atom. The number of hydrogen-bond acceptors (Lipinski definition) is 4. The maximum Gasteiger partial charge on any atom is 0.263 e. The van der Waals surface area contributed by atoms with Gasteiger partial charge in [0, 0.05) is 51.6 Å². The first-order valence-corrected chi connectivity index (χ1v) is 9.62. The molecule has 0 radical (unpaired) electrons. The van der Waals surface area contributed by atoms with E-state index in [2.05, 4.69) is 0 Å². The second-order valence-corrected chi connectivity index (χ2v) is 8.07. The Bertz CT molecular complexity index is 698. The third-order valence-corrected chi connectivity index (χ3v) is 6.25. The molecule has 6 nitrogen and oxygen atoms in total. The summed E-state index contributed by atoms with van der Waals surface area (Å²) in [6, 6.07) is 1.94. The third kappa shape index (κ3) is 3.56. The van der Waals surface area contributed by atoms with E-state index >= 15 is 0 Å². The van der Waals surface area contributed by atoms with Crippen LogP contribution in [0.3, 0.4) is 0 Å². The number of thiophene rings is 1. The highest BCUT2D eigenvalue weighted by atomic mass is 32.1. The summed E-state index contributed by atoms with van der Waals surface area (Å²) in [6.45, 7) is 4.41. The maximum atomic E-state index is 12.9. The van der Waals surface area contributed by atoms with Crippen molar-refractivity contribution in [2.24, 2.45) is 5.92 Å². The van der Waals surface area contributed by atoms with Crippen molar-refractivity contribution in [3.05, 3.63) is 21.4 Å². The zero-order valence-electron chi connectivity index (χ0n) is 15.1. The van der Waals surface area contributed by atoms with Crippen LogP contribution in [-0.2, 0) is 22.6 Å². The molecule has 1 fully saturated rings. The first kappa shape index (κ1) is 17.9. The molecule has 0 aliphatic carbocycles. The lowest BCUT2D eigenvalue weighted by molar-refractivity contribution is -0.143. The molecule has 3 heterocycles.